The van der Waals surface area contributed by atoms with Crippen molar-refractivity contribution in [3.63, 3.8) is 0 Å². The van der Waals surface area contributed by atoms with Gasteiger partial charge in [-0.05, 0) is 44.2 Å². The van der Waals surface area contributed by atoms with E-state index in [-0.39, 0.29) is 17.3 Å². The fourth-order valence-corrected chi connectivity index (χ4v) is 6.34. The van der Waals surface area contributed by atoms with Crippen LogP contribution >= 0.6 is 34.7 Å². The van der Waals surface area contributed by atoms with Crippen LogP contribution in [0.4, 0.5) is 0 Å². The number of ether oxygens (including phenoxy) is 1. The van der Waals surface area contributed by atoms with Crippen LogP contribution in [0.25, 0.3) is 21.7 Å². The maximum Gasteiger partial charge on any atom is 0.316 e. The molecule has 0 spiro atoms. The molecule has 3 aromatic heterocycles. The number of nitrogens with zero attached hydrogens (tertiary/aromatic N) is 5. The highest BCUT2D eigenvalue weighted by Crippen LogP contribution is 2.35. The number of esters is 1. The van der Waals surface area contributed by atoms with Crippen LogP contribution in [0.1, 0.15) is 17.4 Å². The number of thioether (sulfide) groups is 1. The monoisotopic (exact) mass is 489 g/mol. The number of likely N-dealkylation sites (N-methyl/N-ethyl adjacent to an activating group) is 1. The standard InChI is InChI=1S/C21H20ClN5O3S2/c1-3-30-16(28)11-31-21-24-23-20-26(13-6-4-5-12(22)9-13)18(29)17-14-7-8-25(2)10-15(14)32-19(17)27(20)21/h4-6,9H,3,7-8,10-11H2,1-2H3. The quantitative estimate of drug-likeness (QED) is 0.314. The Morgan fingerprint density at radius 1 is 1.34 bits per heavy atom. The van der Waals surface area contributed by atoms with Crippen molar-refractivity contribution in [1.29, 1.82) is 0 Å². The summed E-state index contributed by atoms with van der Waals surface area (Å²) in [5.41, 5.74) is 1.57. The van der Waals surface area contributed by atoms with Crippen molar-refractivity contribution in [3.8, 4) is 5.69 Å². The van der Waals surface area contributed by atoms with Crippen LogP contribution < -0.4 is 5.56 Å². The molecule has 4 aromatic rings. The molecule has 1 aliphatic rings. The molecule has 0 saturated carbocycles. The van der Waals surface area contributed by atoms with Crippen molar-refractivity contribution in [3.05, 3.63) is 50.1 Å². The van der Waals surface area contributed by atoms with Crippen LogP contribution in [0.2, 0.25) is 5.02 Å². The average molecular weight is 490 g/mol. The molecule has 0 unspecified atom stereocenters. The third kappa shape index (κ3) is 3.61. The van der Waals surface area contributed by atoms with E-state index in [2.05, 4.69) is 22.1 Å². The van der Waals surface area contributed by atoms with Crippen molar-refractivity contribution in [2.75, 3.05) is 26.0 Å². The second-order valence-corrected chi connectivity index (χ2v) is 9.97. The lowest BCUT2D eigenvalue weighted by atomic mass is 10.1. The summed E-state index contributed by atoms with van der Waals surface area (Å²) in [6.07, 6.45) is 0.801. The van der Waals surface area contributed by atoms with Crippen molar-refractivity contribution >= 4 is 56.7 Å². The van der Waals surface area contributed by atoms with Gasteiger partial charge in [-0.2, -0.15) is 0 Å². The molecular formula is C21H20ClN5O3S2. The highest BCUT2D eigenvalue weighted by Gasteiger charge is 2.27. The van der Waals surface area contributed by atoms with Gasteiger partial charge in [0.2, 0.25) is 5.78 Å². The Morgan fingerprint density at radius 2 is 2.19 bits per heavy atom. The van der Waals surface area contributed by atoms with Crippen LogP contribution in [0, 0.1) is 0 Å². The summed E-state index contributed by atoms with van der Waals surface area (Å²) in [5.74, 6) is 0.184. The fourth-order valence-electron chi connectivity index (χ4n) is 3.95. The van der Waals surface area contributed by atoms with Gasteiger partial charge in [0, 0.05) is 23.0 Å². The number of thiophene rings is 1. The van der Waals surface area contributed by atoms with Gasteiger partial charge in [-0.1, -0.05) is 29.4 Å². The number of hydrogen-bond acceptors (Lipinski definition) is 8. The zero-order valence-corrected chi connectivity index (χ0v) is 19.9. The highest BCUT2D eigenvalue weighted by molar-refractivity contribution is 7.99. The first-order chi connectivity index (χ1) is 15.5. The first kappa shape index (κ1) is 21.4. The van der Waals surface area contributed by atoms with Gasteiger partial charge in [0.25, 0.3) is 5.56 Å². The third-order valence-corrected chi connectivity index (χ3v) is 7.70. The van der Waals surface area contributed by atoms with E-state index in [1.54, 1.807) is 41.0 Å². The Balaban J connectivity index is 1.78. The lowest BCUT2D eigenvalue weighted by molar-refractivity contribution is -0.139. The predicted molar refractivity (Wildman–Crippen MR) is 126 cm³/mol. The smallest absolute Gasteiger partial charge is 0.316 e. The normalized spacial score (nSPS) is 14.2. The van der Waals surface area contributed by atoms with E-state index < -0.39 is 0 Å². The second kappa shape index (κ2) is 8.51. The third-order valence-electron chi connectivity index (χ3n) is 5.36. The molecule has 0 amide bonds. The molecule has 0 fully saturated rings. The molecular weight excluding hydrogens is 470 g/mol. The SMILES string of the molecule is CCOC(=O)CSc1nnc2n(-c3cccc(Cl)c3)c(=O)c3c4c(sc3n12)CN(C)CC4. The number of benzene rings is 1. The molecule has 32 heavy (non-hydrogen) atoms. The number of halogens is 1. The minimum Gasteiger partial charge on any atom is -0.465 e. The lowest BCUT2D eigenvalue weighted by Crippen LogP contribution is -2.27. The van der Waals surface area contributed by atoms with E-state index in [4.69, 9.17) is 16.3 Å². The van der Waals surface area contributed by atoms with Crippen molar-refractivity contribution < 1.29 is 9.53 Å². The molecule has 0 bridgehead atoms. The van der Waals surface area contributed by atoms with Gasteiger partial charge >= 0.3 is 5.97 Å². The Morgan fingerprint density at radius 3 is 2.97 bits per heavy atom. The van der Waals surface area contributed by atoms with E-state index in [0.29, 0.717) is 33.6 Å². The molecule has 1 aliphatic heterocycles. The molecule has 5 rings (SSSR count). The Hall–Kier alpha value is -2.40. The molecule has 8 nitrogen and oxygen atoms in total. The molecule has 166 valence electrons. The van der Waals surface area contributed by atoms with Crippen LogP contribution in [-0.2, 0) is 22.5 Å². The van der Waals surface area contributed by atoms with Gasteiger partial charge in [0.1, 0.15) is 4.83 Å². The molecule has 0 saturated heterocycles. The molecule has 0 aliphatic carbocycles. The minimum atomic E-state index is -0.319. The first-order valence-electron chi connectivity index (χ1n) is 10.1. The Bertz CT molecular complexity index is 1410. The minimum absolute atomic E-state index is 0.111. The number of hydrogen-bond donors (Lipinski definition) is 0. The lowest BCUT2D eigenvalue weighted by Gasteiger charge is -2.21. The van der Waals surface area contributed by atoms with E-state index in [9.17, 15) is 9.59 Å². The van der Waals surface area contributed by atoms with Gasteiger partial charge in [-0.15, -0.1) is 21.5 Å². The molecule has 0 radical (unpaired) electrons. The molecule has 1 aromatic carbocycles. The Labute approximate surface area is 196 Å². The summed E-state index contributed by atoms with van der Waals surface area (Å²) in [6, 6.07) is 7.13. The van der Waals surface area contributed by atoms with Gasteiger partial charge in [-0.25, -0.2) is 8.97 Å². The van der Waals surface area contributed by atoms with E-state index in [0.717, 1.165) is 29.9 Å². The van der Waals surface area contributed by atoms with E-state index in [1.807, 2.05) is 10.5 Å². The van der Waals surface area contributed by atoms with Gasteiger partial charge in [0.15, 0.2) is 5.16 Å². The van der Waals surface area contributed by atoms with Crippen LogP contribution in [0.15, 0.2) is 34.2 Å². The van der Waals surface area contributed by atoms with Crippen molar-refractivity contribution in [2.45, 2.75) is 25.0 Å². The summed E-state index contributed by atoms with van der Waals surface area (Å²) < 4.78 is 8.49. The number of carbonyl (C=O) groups excluding carboxylic acids is 1. The predicted octanol–water partition coefficient (Wildman–Crippen LogP) is 3.39. The van der Waals surface area contributed by atoms with Crippen molar-refractivity contribution in [2.24, 2.45) is 0 Å². The number of rotatable bonds is 5. The van der Waals surface area contributed by atoms with E-state index >= 15 is 0 Å². The maximum atomic E-state index is 13.8. The van der Waals surface area contributed by atoms with E-state index in [1.165, 1.54) is 16.6 Å². The topological polar surface area (TPSA) is 81.7 Å². The maximum absolute atomic E-state index is 13.8. The first-order valence-corrected chi connectivity index (χ1v) is 12.3. The summed E-state index contributed by atoms with van der Waals surface area (Å²) in [6.45, 7) is 3.78. The molecule has 11 heteroatoms. The summed E-state index contributed by atoms with van der Waals surface area (Å²) in [5, 5.41) is 10.4. The van der Waals surface area contributed by atoms with Gasteiger partial charge in [0.05, 0.1) is 23.4 Å². The average Bonchev–Trinajstić information content (AvgIpc) is 3.33. The zero-order valence-electron chi connectivity index (χ0n) is 17.5. The molecule has 0 atom stereocenters. The zero-order chi connectivity index (χ0) is 22.4. The fraction of sp³-hybridized carbons (Fsp3) is 0.333. The second-order valence-electron chi connectivity index (χ2n) is 7.50. The number of aromatic nitrogens is 4. The molecule has 0 N–H and O–H groups in total. The van der Waals surface area contributed by atoms with Crippen LogP contribution in [-0.4, -0.2) is 56.0 Å². The van der Waals surface area contributed by atoms with Crippen molar-refractivity contribution in [1.82, 2.24) is 24.1 Å². The molecule has 4 heterocycles. The van der Waals surface area contributed by atoms with Gasteiger partial charge in [-0.3, -0.25) is 9.59 Å². The highest BCUT2D eigenvalue weighted by atomic mass is 35.5. The number of fused-ring (bicyclic) bond motifs is 5. The summed E-state index contributed by atoms with van der Waals surface area (Å²) >= 11 is 9.07. The summed E-state index contributed by atoms with van der Waals surface area (Å²) in [4.78, 5) is 29.9. The largest absolute Gasteiger partial charge is 0.465 e. The van der Waals surface area contributed by atoms with Crippen LogP contribution in [0.5, 0.6) is 0 Å². The Kier molecular flexibility index (Phi) is 5.70. The van der Waals surface area contributed by atoms with Crippen LogP contribution in [0.3, 0.4) is 0 Å². The summed E-state index contributed by atoms with van der Waals surface area (Å²) in [7, 11) is 2.08. The number of carbonyl (C=O) groups is 1. The van der Waals surface area contributed by atoms with Gasteiger partial charge < -0.3 is 9.64 Å².